The molecule has 1 saturated carbocycles. The Morgan fingerprint density at radius 2 is 1.71 bits per heavy atom. The molecule has 0 atom stereocenters. The maximum atomic E-state index is 13.8. The number of carbonyl (C=O) groups excluding carboxylic acids is 2. The number of amides is 1. The SMILES string of the molecule is COC(=O)c1sc(C#CC(C)(C)C)cc1N(CCO[Si](C)(C)C(C)(C)C)C(=O)C1CCC(C)CC1. The highest BCUT2D eigenvalue weighted by Crippen LogP contribution is 2.38. The quantitative estimate of drug-likeness (QED) is 0.219. The van der Waals surface area contributed by atoms with Crippen molar-refractivity contribution in [2.75, 3.05) is 25.2 Å². The zero-order valence-corrected chi connectivity index (χ0v) is 25.3. The van der Waals surface area contributed by atoms with E-state index in [1.165, 1.54) is 18.4 Å². The van der Waals surface area contributed by atoms with Crippen LogP contribution in [-0.2, 0) is 14.0 Å². The number of rotatable bonds is 7. The van der Waals surface area contributed by atoms with Gasteiger partial charge in [0.1, 0.15) is 4.88 Å². The van der Waals surface area contributed by atoms with Crippen LogP contribution in [0.5, 0.6) is 0 Å². The summed E-state index contributed by atoms with van der Waals surface area (Å²) in [6, 6.07) is 1.88. The van der Waals surface area contributed by atoms with E-state index >= 15 is 0 Å². The average Bonchev–Trinajstić information content (AvgIpc) is 3.17. The van der Waals surface area contributed by atoms with Crippen LogP contribution in [0.4, 0.5) is 5.69 Å². The molecule has 1 amide bonds. The Hall–Kier alpha value is -1.62. The van der Waals surface area contributed by atoms with E-state index in [-0.39, 0.29) is 22.3 Å². The summed E-state index contributed by atoms with van der Waals surface area (Å²) in [6.07, 6.45) is 3.88. The van der Waals surface area contributed by atoms with Crippen LogP contribution in [0, 0.1) is 29.1 Å². The number of thiophene rings is 1. The topological polar surface area (TPSA) is 55.8 Å². The van der Waals surface area contributed by atoms with Gasteiger partial charge in [-0.1, -0.05) is 39.5 Å². The standard InChI is InChI=1S/C28H45NO4SSi/c1-20-11-13-21(14-12-20)25(30)29(17-18-33-35(9,10)28(5,6)7)23-19-22(15-16-27(2,3)4)34-24(23)26(31)32-8/h19-21H,11-14,17-18H2,1-10H3. The second kappa shape index (κ2) is 11.6. The summed E-state index contributed by atoms with van der Waals surface area (Å²) in [4.78, 5) is 29.5. The maximum absolute atomic E-state index is 13.8. The van der Waals surface area contributed by atoms with Gasteiger partial charge >= 0.3 is 5.97 Å². The molecule has 0 radical (unpaired) electrons. The molecule has 196 valence electrons. The van der Waals surface area contributed by atoms with E-state index in [0.29, 0.717) is 29.6 Å². The lowest BCUT2D eigenvalue weighted by molar-refractivity contribution is -0.123. The molecule has 1 aromatic rings. The molecule has 1 fully saturated rings. The van der Waals surface area contributed by atoms with Gasteiger partial charge in [-0.3, -0.25) is 4.79 Å². The summed E-state index contributed by atoms with van der Waals surface area (Å²) in [5.74, 6) is 6.70. The summed E-state index contributed by atoms with van der Waals surface area (Å²) in [7, 11) is -0.600. The molecule has 0 bridgehead atoms. The summed E-state index contributed by atoms with van der Waals surface area (Å²) < 4.78 is 11.5. The Morgan fingerprint density at radius 1 is 1.11 bits per heavy atom. The molecule has 1 aliphatic rings. The molecule has 0 saturated heterocycles. The highest BCUT2D eigenvalue weighted by Gasteiger charge is 2.38. The van der Waals surface area contributed by atoms with Crippen molar-refractivity contribution in [3.63, 3.8) is 0 Å². The second-order valence-electron chi connectivity index (χ2n) is 12.4. The van der Waals surface area contributed by atoms with Gasteiger partial charge in [-0.15, -0.1) is 11.3 Å². The van der Waals surface area contributed by atoms with Gasteiger partial charge in [0.25, 0.3) is 0 Å². The molecule has 0 unspecified atom stereocenters. The van der Waals surface area contributed by atoms with Crippen molar-refractivity contribution in [1.29, 1.82) is 0 Å². The molecule has 0 N–H and O–H groups in total. The molecular weight excluding hydrogens is 474 g/mol. The molecule has 0 spiro atoms. The van der Waals surface area contributed by atoms with Crippen molar-refractivity contribution >= 4 is 37.2 Å². The fourth-order valence-corrected chi connectivity index (χ4v) is 5.78. The van der Waals surface area contributed by atoms with Crippen molar-refractivity contribution in [3.8, 4) is 11.8 Å². The van der Waals surface area contributed by atoms with Crippen molar-refractivity contribution in [3.05, 3.63) is 15.8 Å². The van der Waals surface area contributed by atoms with Gasteiger partial charge in [-0.2, -0.15) is 0 Å². The van der Waals surface area contributed by atoms with E-state index in [1.807, 2.05) is 26.8 Å². The van der Waals surface area contributed by atoms with Gasteiger partial charge in [0, 0.05) is 17.9 Å². The Kier molecular flexibility index (Phi) is 9.83. The van der Waals surface area contributed by atoms with Crippen LogP contribution in [0.25, 0.3) is 0 Å². The van der Waals surface area contributed by atoms with E-state index in [2.05, 4.69) is 52.6 Å². The molecule has 0 aliphatic heterocycles. The number of anilines is 1. The Labute approximate surface area is 218 Å². The van der Waals surface area contributed by atoms with Crippen LogP contribution >= 0.6 is 11.3 Å². The first-order valence-electron chi connectivity index (χ1n) is 12.8. The first-order valence-corrected chi connectivity index (χ1v) is 16.5. The monoisotopic (exact) mass is 519 g/mol. The minimum absolute atomic E-state index is 0.0337. The second-order valence-corrected chi connectivity index (χ2v) is 18.2. The van der Waals surface area contributed by atoms with E-state index in [1.54, 1.807) is 4.90 Å². The fourth-order valence-electron chi connectivity index (χ4n) is 3.82. The van der Waals surface area contributed by atoms with Crippen LogP contribution in [0.15, 0.2) is 6.07 Å². The van der Waals surface area contributed by atoms with Gasteiger partial charge in [0.2, 0.25) is 5.91 Å². The molecular formula is C28H45NO4SSi. The lowest BCUT2D eigenvalue weighted by atomic mass is 9.82. The van der Waals surface area contributed by atoms with Crippen LogP contribution in [0.3, 0.4) is 0 Å². The van der Waals surface area contributed by atoms with Gasteiger partial charge in [-0.25, -0.2) is 4.79 Å². The highest BCUT2D eigenvalue weighted by molar-refractivity contribution is 7.15. The molecule has 2 rings (SSSR count). The zero-order chi connectivity index (χ0) is 26.6. The minimum Gasteiger partial charge on any atom is -0.465 e. The van der Waals surface area contributed by atoms with E-state index < -0.39 is 14.3 Å². The number of ether oxygens (including phenoxy) is 1. The molecule has 0 aromatic carbocycles. The fraction of sp³-hybridized carbons (Fsp3) is 0.714. The lowest BCUT2D eigenvalue weighted by Gasteiger charge is -2.37. The molecule has 35 heavy (non-hydrogen) atoms. The summed E-state index contributed by atoms with van der Waals surface area (Å²) in [5, 5.41) is 0.0800. The summed E-state index contributed by atoms with van der Waals surface area (Å²) >= 11 is 1.29. The van der Waals surface area contributed by atoms with Crippen molar-refractivity contribution in [1.82, 2.24) is 0 Å². The van der Waals surface area contributed by atoms with Gasteiger partial charge in [0.15, 0.2) is 8.32 Å². The third-order valence-corrected chi connectivity index (χ3v) is 12.7. The van der Waals surface area contributed by atoms with Crippen molar-refractivity contribution in [2.24, 2.45) is 17.3 Å². The lowest BCUT2D eigenvalue weighted by Crippen LogP contribution is -2.45. The average molecular weight is 520 g/mol. The van der Waals surface area contributed by atoms with Crippen LogP contribution < -0.4 is 4.90 Å². The highest BCUT2D eigenvalue weighted by atomic mass is 32.1. The van der Waals surface area contributed by atoms with Crippen LogP contribution in [0.1, 0.15) is 88.7 Å². The number of carbonyl (C=O) groups is 2. The predicted molar refractivity (Wildman–Crippen MR) is 149 cm³/mol. The van der Waals surface area contributed by atoms with Crippen molar-refractivity contribution in [2.45, 2.75) is 92.3 Å². The largest absolute Gasteiger partial charge is 0.465 e. The summed E-state index contributed by atoms with van der Waals surface area (Å²) in [5.41, 5.74) is 0.434. The zero-order valence-electron chi connectivity index (χ0n) is 23.5. The smallest absolute Gasteiger partial charge is 0.350 e. The number of hydrogen-bond acceptors (Lipinski definition) is 5. The van der Waals surface area contributed by atoms with E-state index in [9.17, 15) is 9.59 Å². The van der Waals surface area contributed by atoms with Gasteiger partial charge < -0.3 is 14.1 Å². The number of esters is 1. The molecule has 1 aromatic heterocycles. The normalized spacial score (nSPS) is 19.0. The van der Waals surface area contributed by atoms with Crippen molar-refractivity contribution < 1.29 is 18.8 Å². The molecule has 7 heteroatoms. The third kappa shape index (κ3) is 8.20. The number of nitrogens with zero attached hydrogens (tertiary/aromatic N) is 1. The number of hydrogen-bond donors (Lipinski definition) is 0. The van der Waals surface area contributed by atoms with Gasteiger partial charge in [-0.05, 0) is 76.6 Å². The maximum Gasteiger partial charge on any atom is 0.350 e. The van der Waals surface area contributed by atoms with E-state index in [4.69, 9.17) is 9.16 Å². The molecule has 1 aliphatic carbocycles. The minimum atomic E-state index is -1.98. The van der Waals surface area contributed by atoms with E-state index in [0.717, 1.165) is 30.6 Å². The van der Waals surface area contributed by atoms with Crippen LogP contribution in [-0.4, -0.2) is 40.5 Å². The third-order valence-electron chi connectivity index (χ3n) is 7.15. The number of methoxy groups -OCH3 is 1. The Balaban J connectivity index is 2.44. The van der Waals surface area contributed by atoms with Gasteiger partial charge in [0.05, 0.1) is 24.3 Å². The van der Waals surface area contributed by atoms with Crippen LogP contribution in [0.2, 0.25) is 18.1 Å². The first-order chi connectivity index (χ1) is 16.1. The molecule has 1 heterocycles. The first kappa shape index (κ1) is 29.6. The predicted octanol–water partition coefficient (Wildman–Crippen LogP) is 7.11. The Bertz CT molecular complexity index is 950. The molecule has 5 nitrogen and oxygen atoms in total. The summed E-state index contributed by atoms with van der Waals surface area (Å²) in [6.45, 7) is 20.3. The Morgan fingerprint density at radius 3 is 2.23 bits per heavy atom.